The number of hydrogen-bond acceptors (Lipinski definition) is 2. The van der Waals surface area contributed by atoms with Crippen LogP contribution in [0.3, 0.4) is 0 Å². The minimum Gasteiger partial charge on any atom is -0.449 e. The maximum absolute atomic E-state index is 11.0. The van der Waals surface area contributed by atoms with Gasteiger partial charge >= 0.3 is 6.09 Å². The average molecular weight is 153 g/mol. The molecule has 60 valence electrons. The fourth-order valence-electron chi connectivity index (χ4n) is 1.01. The first-order valence-electron chi connectivity index (χ1n) is 3.65. The van der Waals surface area contributed by atoms with Crippen LogP contribution < -0.4 is 0 Å². The number of ether oxygens (including phenoxy) is 1. The maximum atomic E-state index is 11.0. The molecule has 1 heterocycles. The topological polar surface area (TPSA) is 29.5 Å². The smallest absolute Gasteiger partial charge is 0.410 e. The molecular weight excluding hydrogens is 142 g/mol. The van der Waals surface area contributed by atoms with Crippen LogP contribution in [0.5, 0.6) is 0 Å². The standard InChI is InChI=1S/C8H11NO2/c1-3-7(2)9-5-4-6-11-8(9)10/h1,7H,4-6H2,2H3. The maximum Gasteiger partial charge on any atom is 0.410 e. The van der Waals surface area contributed by atoms with Gasteiger partial charge in [0.1, 0.15) is 0 Å². The molecule has 1 saturated heterocycles. The lowest BCUT2D eigenvalue weighted by molar-refractivity contribution is 0.0668. The third-order valence-electron chi connectivity index (χ3n) is 1.71. The molecule has 0 aromatic carbocycles. The van der Waals surface area contributed by atoms with Crippen molar-refractivity contribution in [3.8, 4) is 12.3 Å². The van der Waals surface area contributed by atoms with E-state index in [1.807, 2.05) is 6.92 Å². The largest absolute Gasteiger partial charge is 0.449 e. The summed E-state index contributed by atoms with van der Waals surface area (Å²) in [4.78, 5) is 12.6. The lowest BCUT2D eigenvalue weighted by Crippen LogP contribution is -2.42. The highest BCUT2D eigenvalue weighted by atomic mass is 16.6. The Morgan fingerprint density at radius 2 is 2.55 bits per heavy atom. The van der Waals surface area contributed by atoms with Crippen LogP contribution in [-0.2, 0) is 4.74 Å². The zero-order valence-electron chi connectivity index (χ0n) is 6.54. The van der Waals surface area contributed by atoms with Crippen LogP contribution in [0.25, 0.3) is 0 Å². The van der Waals surface area contributed by atoms with Gasteiger partial charge in [0, 0.05) is 6.54 Å². The molecule has 3 heteroatoms. The van der Waals surface area contributed by atoms with Crippen LogP contribution >= 0.6 is 0 Å². The van der Waals surface area contributed by atoms with Crippen molar-refractivity contribution in [2.75, 3.05) is 13.2 Å². The van der Waals surface area contributed by atoms with Gasteiger partial charge in [0.05, 0.1) is 12.6 Å². The average Bonchev–Trinajstić information content (AvgIpc) is 2.04. The highest BCUT2D eigenvalue weighted by molar-refractivity contribution is 5.69. The van der Waals surface area contributed by atoms with Gasteiger partial charge in [0.15, 0.2) is 0 Å². The van der Waals surface area contributed by atoms with Gasteiger partial charge in [-0.15, -0.1) is 6.42 Å². The minimum absolute atomic E-state index is 0.150. The molecule has 3 nitrogen and oxygen atoms in total. The SMILES string of the molecule is C#CC(C)N1CCCOC1=O. The summed E-state index contributed by atoms with van der Waals surface area (Å²) in [6.45, 7) is 3.05. The predicted octanol–water partition coefficient (Wildman–Crippen LogP) is 0.850. The van der Waals surface area contributed by atoms with Crippen molar-refractivity contribution in [3.05, 3.63) is 0 Å². The normalized spacial score (nSPS) is 20.4. The molecule has 0 spiro atoms. The number of hydrogen-bond donors (Lipinski definition) is 0. The van der Waals surface area contributed by atoms with Crippen molar-refractivity contribution >= 4 is 6.09 Å². The van der Waals surface area contributed by atoms with Gasteiger partial charge in [0.2, 0.25) is 0 Å². The van der Waals surface area contributed by atoms with Crippen molar-refractivity contribution in [1.82, 2.24) is 4.90 Å². The molecule has 1 amide bonds. The van der Waals surface area contributed by atoms with E-state index in [1.165, 1.54) is 0 Å². The predicted molar refractivity (Wildman–Crippen MR) is 41.0 cm³/mol. The minimum atomic E-state index is -0.290. The molecule has 0 aliphatic carbocycles. The Bertz CT molecular complexity index is 195. The van der Waals surface area contributed by atoms with E-state index in [-0.39, 0.29) is 12.1 Å². The fraction of sp³-hybridized carbons (Fsp3) is 0.625. The van der Waals surface area contributed by atoms with Crippen molar-refractivity contribution in [2.24, 2.45) is 0 Å². The van der Waals surface area contributed by atoms with Gasteiger partial charge in [-0.3, -0.25) is 4.90 Å². The summed E-state index contributed by atoms with van der Waals surface area (Å²) >= 11 is 0. The second kappa shape index (κ2) is 3.29. The summed E-state index contributed by atoms with van der Waals surface area (Å²) in [5, 5.41) is 0. The molecule has 0 saturated carbocycles. The third kappa shape index (κ3) is 1.64. The van der Waals surface area contributed by atoms with Gasteiger partial charge in [-0.25, -0.2) is 4.79 Å². The molecule has 0 aromatic heterocycles. The molecule has 1 fully saturated rings. The lowest BCUT2D eigenvalue weighted by Gasteiger charge is -2.28. The second-order valence-corrected chi connectivity index (χ2v) is 2.50. The zero-order valence-corrected chi connectivity index (χ0v) is 6.54. The van der Waals surface area contributed by atoms with Crippen molar-refractivity contribution in [3.63, 3.8) is 0 Å². The lowest BCUT2D eigenvalue weighted by atomic mass is 10.2. The molecule has 1 aliphatic rings. The second-order valence-electron chi connectivity index (χ2n) is 2.50. The van der Waals surface area contributed by atoms with E-state index in [1.54, 1.807) is 4.90 Å². The molecule has 11 heavy (non-hydrogen) atoms. The third-order valence-corrected chi connectivity index (χ3v) is 1.71. The molecule has 1 atom stereocenters. The number of rotatable bonds is 1. The van der Waals surface area contributed by atoms with Crippen molar-refractivity contribution in [1.29, 1.82) is 0 Å². The Balaban J connectivity index is 2.56. The Morgan fingerprint density at radius 1 is 1.82 bits per heavy atom. The first kappa shape index (κ1) is 7.93. The number of nitrogens with zero attached hydrogens (tertiary/aromatic N) is 1. The molecule has 1 unspecified atom stereocenters. The van der Waals surface area contributed by atoms with Gasteiger partial charge in [0.25, 0.3) is 0 Å². The fourth-order valence-corrected chi connectivity index (χ4v) is 1.01. The van der Waals surface area contributed by atoms with Crippen LogP contribution in [0, 0.1) is 12.3 Å². The number of carbonyl (C=O) groups excluding carboxylic acids is 1. The van der Waals surface area contributed by atoms with Crippen molar-refractivity contribution in [2.45, 2.75) is 19.4 Å². The molecule has 1 aliphatic heterocycles. The number of carbonyl (C=O) groups is 1. The first-order valence-corrected chi connectivity index (χ1v) is 3.65. The van der Waals surface area contributed by atoms with Crippen LogP contribution in [0.1, 0.15) is 13.3 Å². The molecule has 0 N–H and O–H groups in total. The first-order chi connectivity index (χ1) is 5.25. The monoisotopic (exact) mass is 153 g/mol. The summed E-state index contributed by atoms with van der Waals surface area (Å²) in [6.07, 6.45) is 5.75. The quantitative estimate of drug-likeness (QED) is 0.523. The van der Waals surface area contributed by atoms with E-state index >= 15 is 0 Å². The molecule has 0 bridgehead atoms. The number of cyclic esters (lactones) is 1. The Hall–Kier alpha value is -1.17. The zero-order chi connectivity index (χ0) is 8.27. The Morgan fingerprint density at radius 3 is 3.09 bits per heavy atom. The number of amides is 1. The van der Waals surface area contributed by atoms with Gasteiger partial charge < -0.3 is 4.74 Å². The summed E-state index contributed by atoms with van der Waals surface area (Å²) in [7, 11) is 0. The van der Waals surface area contributed by atoms with Gasteiger partial charge in [-0.1, -0.05) is 5.92 Å². The molecular formula is C8H11NO2. The summed E-state index contributed by atoms with van der Waals surface area (Å²) in [6, 6.07) is -0.150. The van der Waals surface area contributed by atoms with Crippen LogP contribution in [0.2, 0.25) is 0 Å². The summed E-state index contributed by atoms with van der Waals surface area (Å²) < 4.78 is 4.80. The Labute approximate surface area is 66.3 Å². The van der Waals surface area contributed by atoms with E-state index in [0.717, 1.165) is 6.42 Å². The van der Waals surface area contributed by atoms with Gasteiger partial charge in [-0.05, 0) is 13.3 Å². The summed E-state index contributed by atoms with van der Waals surface area (Å²) in [5.41, 5.74) is 0. The molecule has 1 rings (SSSR count). The van der Waals surface area contributed by atoms with Crippen LogP contribution in [0.4, 0.5) is 4.79 Å². The number of terminal acetylenes is 1. The van der Waals surface area contributed by atoms with E-state index in [9.17, 15) is 4.79 Å². The highest BCUT2D eigenvalue weighted by Gasteiger charge is 2.22. The molecule has 0 aromatic rings. The van der Waals surface area contributed by atoms with E-state index < -0.39 is 0 Å². The molecule has 0 radical (unpaired) electrons. The van der Waals surface area contributed by atoms with Crippen LogP contribution in [0.15, 0.2) is 0 Å². The summed E-state index contributed by atoms with van der Waals surface area (Å²) in [5.74, 6) is 2.49. The Kier molecular flexibility index (Phi) is 2.37. The van der Waals surface area contributed by atoms with Crippen LogP contribution in [-0.4, -0.2) is 30.2 Å². The van der Waals surface area contributed by atoms with E-state index in [0.29, 0.717) is 13.2 Å². The van der Waals surface area contributed by atoms with Gasteiger partial charge in [-0.2, -0.15) is 0 Å². The van der Waals surface area contributed by atoms with E-state index in [2.05, 4.69) is 5.92 Å². The van der Waals surface area contributed by atoms with Crippen molar-refractivity contribution < 1.29 is 9.53 Å². The highest BCUT2D eigenvalue weighted by Crippen LogP contribution is 2.07. The van der Waals surface area contributed by atoms with E-state index in [4.69, 9.17) is 11.2 Å².